The molecule has 4 fully saturated rings. The van der Waals surface area contributed by atoms with Gasteiger partial charge in [-0.1, -0.05) is 19.4 Å². The summed E-state index contributed by atoms with van der Waals surface area (Å²) in [6, 6.07) is 2.28. The number of nitrogens with zero attached hydrogens (tertiary/aromatic N) is 1. The van der Waals surface area contributed by atoms with Crippen LogP contribution in [0, 0.1) is 45.8 Å². The van der Waals surface area contributed by atoms with Gasteiger partial charge in [-0.25, -0.2) is 0 Å². The summed E-state index contributed by atoms with van der Waals surface area (Å²) in [7, 11) is 0. The standard InChI is InChI=1S/C23H33NO3/c1-14(25)27-21-13-23(3)16(12-20(21)26)4-6-17-18-7-5-15(9-11-24)22(18,2)10-8-19(17)23/h9,16-21,26H,4-8,10,12-13H2,1-3H3. The normalized spacial score (nSPS) is 50.3. The molecule has 0 spiro atoms. The van der Waals surface area contributed by atoms with Gasteiger partial charge in [0.25, 0.3) is 0 Å². The molecule has 148 valence electrons. The van der Waals surface area contributed by atoms with E-state index in [4.69, 9.17) is 4.74 Å². The minimum absolute atomic E-state index is 0.144. The summed E-state index contributed by atoms with van der Waals surface area (Å²) in [6.45, 7) is 6.24. The molecule has 4 rings (SSSR count). The first kappa shape index (κ1) is 19.0. The summed E-state index contributed by atoms with van der Waals surface area (Å²) in [4.78, 5) is 11.5. The lowest BCUT2D eigenvalue weighted by molar-refractivity contribution is -0.180. The van der Waals surface area contributed by atoms with E-state index < -0.39 is 6.10 Å². The lowest BCUT2D eigenvalue weighted by Gasteiger charge is -2.61. The summed E-state index contributed by atoms with van der Waals surface area (Å²) in [5, 5.41) is 19.7. The maximum atomic E-state index is 11.5. The molecule has 0 saturated heterocycles. The molecule has 0 amide bonds. The van der Waals surface area contributed by atoms with E-state index in [9.17, 15) is 15.2 Å². The van der Waals surface area contributed by atoms with Crippen LogP contribution in [0.2, 0.25) is 0 Å². The SMILES string of the molecule is CC(=O)OC1CC2(C)C(CCC3C4CCC(=CC#N)C4(C)CCC32)CC1O. The van der Waals surface area contributed by atoms with E-state index >= 15 is 0 Å². The first-order valence-electron chi connectivity index (χ1n) is 10.7. The zero-order chi connectivity index (χ0) is 19.4. The second-order valence-electron chi connectivity index (χ2n) is 10.1. The molecule has 4 aliphatic carbocycles. The van der Waals surface area contributed by atoms with Crippen molar-refractivity contribution in [2.75, 3.05) is 0 Å². The highest BCUT2D eigenvalue weighted by Crippen LogP contribution is 2.67. The Bertz CT molecular complexity index is 694. The Kier molecular flexibility index (Phi) is 4.66. The van der Waals surface area contributed by atoms with Crippen molar-refractivity contribution < 1.29 is 14.6 Å². The van der Waals surface area contributed by atoms with Gasteiger partial charge in [0.05, 0.1) is 12.2 Å². The van der Waals surface area contributed by atoms with Crippen LogP contribution in [0.3, 0.4) is 0 Å². The number of esters is 1. The van der Waals surface area contributed by atoms with Crippen molar-refractivity contribution in [1.29, 1.82) is 5.26 Å². The molecule has 0 heterocycles. The molecular formula is C23H33NO3. The summed E-state index contributed by atoms with van der Waals surface area (Å²) >= 11 is 0. The third-order valence-corrected chi connectivity index (χ3v) is 9.07. The molecule has 4 heteroatoms. The summed E-state index contributed by atoms with van der Waals surface area (Å²) < 4.78 is 5.52. The van der Waals surface area contributed by atoms with E-state index in [0.717, 1.165) is 25.7 Å². The number of aliphatic hydroxyl groups is 1. The number of carbonyl (C=O) groups excluding carboxylic acids is 1. The van der Waals surface area contributed by atoms with Gasteiger partial charge in [0.15, 0.2) is 0 Å². The van der Waals surface area contributed by atoms with Crippen molar-refractivity contribution in [3.63, 3.8) is 0 Å². The van der Waals surface area contributed by atoms with Gasteiger partial charge in [0.2, 0.25) is 0 Å². The predicted molar refractivity (Wildman–Crippen MR) is 102 cm³/mol. The maximum absolute atomic E-state index is 11.5. The Morgan fingerprint density at radius 3 is 2.74 bits per heavy atom. The number of hydrogen-bond acceptors (Lipinski definition) is 4. The Hall–Kier alpha value is -1.34. The van der Waals surface area contributed by atoms with Crippen LogP contribution in [0.4, 0.5) is 0 Å². The van der Waals surface area contributed by atoms with Gasteiger partial charge in [-0.2, -0.15) is 5.26 Å². The molecule has 27 heavy (non-hydrogen) atoms. The number of rotatable bonds is 1. The highest BCUT2D eigenvalue weighted by atomic mass is 16.6. The van der Waals surface area contributed by atoms with Gasteiger partial charge in [-0.05, 0) is 85.9 Å². The molecule has 8 unspecified atom stereocenters. The number of aliphatic hydroxyl groups excluding tert-OH is 1. The van der Waals surface area contributed by atoms with Crippen LogP contribution in [0.5, 0.6) is 0 Å². The fraction of sp³-hybridized carbons (Fsp3) is 0.826. The van der Waals surface area contributed by atoms with Crippen molar-refractivity contribution in [3.8, 4) is 6.07 Å². The van der Waals surface area contributed by atoms with E-state index in [1.54, 1.807) is 0 Å². The summed E-state index contributed by atoms with van der Waals surface area (Å²) in [6.07, 6.45) is 9.56. The molecular weight excluding hydrogens is 338 g/mol. The minimum atomic E-state index is -0.519. The van der Waals surface area contributed by atoms with Gasteiger partial charge >= 0.3 is 5.97 Å². The van der Waals surface area contributed by atoms with Gasteiger partial charge in [0, 0.05) is 13.0 Å². The number of fused-ring (bicyclic) bond motifs is 5. The Balaban J connectivity index is 1.61. The average Bonchev–Trinajstić information content (AvgIpc) is 2.93. The van der Waals surface area contributed by atoms with E-state index in [1.165, 1.54) is 38.2 Å². The van der Waals surface area contributed by atoms with E-state index in [2.05, 4.69) is 19.9 Å². The van der Waals surface area contributed by atoms with E-state index in [-0.39, 0.29) is 22.9 Å². The second-order valence-corrected chi connectivity index (χ2v) is 10.1. The van der Waals surface area contributed by atoms with E-state index in [0.29, 0.717) is 23.7 Å². The van der Waals surface area contributed by atoms with Crippen molar-refractivity contribution in [3.05, 3.63) is 11.6 Å². The summed E-state index contributed by atoms with van der Waals surface area (Å²) in [5.41, 5.74) is 1.71. The molecule has 0 aromatic heterocycles. The Morgan fingerprint density at radius 2 is 2.04 bits per heavy atom. The zero-order valence-electron chi connectivity index (χ0n) is 16.9. The lowest BCUT2D eigenvalue weighted by Crippen LogP contribution is -2.56. The van der Waals surface area contributed by atoms with Crippen LogP contribution in [-0.2, 0) is 9.53 Å². The fourth-order valence-electron chi connectivity index (χ4n) is 7.75. The highest BCUT2D eigenvalue weighted by Gasteiger charge is 2.60. The third-order valence-electron chi connectivity index (χ3n) is 9.07. The third kappa shape index (κ3) is 2.85. The van der Waals surface area contributed by atoms with Gasteiger partial charge in [0.1, 0.15) is 6.10 Å². The van der Waals surface area contributed by atoms with Crippen molar-refractivity contribution in [2.24, 2.45) is 34.5 Å². The number of ether oxygens (including phenoxy) is 1. The maximum Gasteiger partial charge on any atom is 0.302 e. The molecule has 4 saturated carbocycles. The van der Waals surface area contributed by atoms with Crippen LogP contribution in [0.15, 0.2) is 11.6 Å². The van der Waals surface area contributed by atoms with E-state index in [1.807, 2.05) is 6.08 Å². The molecule has 4 nitrogen and oxygen atoms in total. The quantitative estimate of drug-likeness (QED) is 0.548. The lowest BCUT2D eigenvalue weighted by atomic mass is 9.44. The molecule has 4 aliphatic rings. The van der Waals surface area contributed by atoms with Gasteiger partial charge < -0.3 is 9.84 Å². The number of allylic oxidation sites excluding steroid dienone is 2. The van der Waals surface area contributed by atoms with Crippen LogP contribution in [0.25, 0.3) is 0 Å². The zero-order valence-corrected chi connectivity index (χ0v) is 16.9. The molecule has 0 radical (unpaired) electrons. The van der Waals surface area contributed by atoms with Crippen LogP contribution < -0.4 is 0 Å². The van der Waals surface area contributed by atoms with Crippen LogP contribution >= 0.6 is 0 Å². The molecule has 0 bridgehead atoms. The van der Waals surface area contributed by atoms with Crippen molar-refractivity contribution >= 4 is 5.97 Å². The molecule has 0 aliphatic heterocycles. The monoisotopic (exact) mass is 371 g/mol. The minimum Gasteiger partial charge on any atom is -0.460 e. The summed E-state index contributed by atoms with van der Waals surface area (Å²) in [5.74, 6) is 2.25. The number of carbonyl (C=O) groups is 1. The van der Waals surface area contributed by atoms with Crippen LogP contribution in [0.1, 0.15) is 72.1 Å². The largest absolute Gasteiger partial charge is 0.460 e. The molecule has 1 N–H and O–H groups in total. The van der Waals surface area contributed by atoms with Crippen molar-refractivity contribution in [1.82, 2.24) is 0 Å². The first-order valence-corrected chi connectivity index (χ1v) is 10.7. The van der Waals surface area contributed by atoms with Gasteiger partial charge in [-0.3, -0.25) is 4.79 Å². The Morgan fingerprint density at radius 1 is 1.26 bits per heavy atom. The van der Waals surface area contributed by atoms with Crippen molar-refractivity contribution in [2.45, 2.75) is 84.3 Å². The molecule has 0 aromatic rings. The average molecular weight is 372 g/mol. The predicted octanol–water partition coefficient (Wildman–Crippen LogP) is 4.38. The topological polar surface area (TPSA) is 70.3 Å². The fourth-order valence-corrected chi connectivity index (χ4v) is 7.75. The Labute approximate surface area is 163 Å². The van der Waals surface area contributed by atoms with Crippen LogP contribution in [-0.4, -0.2) is 23.3 Å². The number of nitriles is 1. The molecule has 0 aromatic carbocycles. The highest BCUT2D eigenvalue weighted by molar-refractivity contribution is 5.66. The second kappa shape index (κ2) is 6.62. The molecule has 8 atom stereocenters. The first-order chi connectivity index (χ1) is 12.8. The smallest absolute Gasteiger partial charge is 0.302 e. The number of hydrogen-bond donors (Lipinski definition) is 1. The van der Waals surface area contributed by atoms with Gasteiger partial charge in [-0.15, -0.1) is 0 Å².